The predicted molar refractivity (Wildman–Crippen MR) is 75.4 cm³/mol. The molecule has 98 valence electrons. The number of aryl methyl sites for hydroxylation is 1. The molecule has 0 fully saturated rings. The molecule has 0 aliphatic heterocycles. The van der Waals surface area contributed by atoms with Crippen LogP contribution in [0, 0.1) is 0 Å². The monoisotopic (exact) mass is 286 g/mol. The fraction of sp³-hybridized carbons (Fsp3) is 0.462. The number of methoxy groups -OCH3 is 1. The molecular formula is C13H16Cl2N2O. The molecule has 5 heteroatoms. The molecule has 1 heterocycles. The number of alkyl halides is 1. The van der Waals surface area contributed by atoms with Gasteiger partial charge in [0, 0.05) is 20.3 Å². The Balaban J connectivity index is 2.26. The Hall–Kier alpha value is -0.770. The van der Waals surface area contributed by atoms with E-state index in [-0.39, 0.29) is 0 Å². The number of hydrogen-bond donors (Lipinski definition) is 0. The Morgan fingerprint density at radius 1 is 1.33 bits per heavy atom. The van der Waals surface area contributed by atoms with Crippen LogP contribution in [0.2, 0.25) is 5.02 Å². The smallest absolute Gasteiger partial charge is 0.124 e. The number of aromatic nitrogens is 2. The van der Waals surface area contributed by atoms with E-state index in [0.717, 1.165) is 42.9 Å². The van der Waals surface area contributed by atoms with E-state index in [1.54, 1.807) is 7.11 Å². The first-order valence-electron chi connectivity index (χ1n) is 5.96. The molecule has 0 N–H and O–H groups in total. The van der Waals surface area contributed by atoms with Crippen molar-refractivity contribution in [1.82, 2.24) is 9.55 Å². The van der Waals surface area contributed by atoms with Gasteiger partial charge in [-0.05, 0) is 25.0 Å². The summed E-state index contributed by atoms with van der Waals surface area (Å²) >= 11 is 12.1. The van der Waals surface area contributed by atoms with Crippen molar-refractivity contribution in [2.45, 2.75) is 25.3 Å². The van der Waals surface area contributed by atoms with E-state index in [1.165, 1.54) is 0 Å². The van der Waals surface area contributed by atoms with Gasteiger partial charge >= 0.3 is 0 Å². The number of rotatable bonds is 6. The molecule has 2 rings (SSSR count). The number of fused-ring (bicyclic) bond motifs is 1. The van der Waals surface area contributed by atoms with E-state index in [9.17, 15) is 0 Å². The van der Waals surface area contributed by atoms with Crippen LogP contribution in [0.25, 0.3) is 11.0 Å². The molecule has 0 aliphatic rings. The molecule has 0 aliphatic carbocycles. The topological polar surface area (TPSA) is 27.1 Å². The summed E-state index contributed by atoms with van der Waals surface area (Å²) in [6.07, 6.45) is 2.06. The number of unbranched alkanes of at least 4 members (excludes halogenated alkanes) is 1. The minimum atomic E-state index is 0.398. The maximum atomic E-state index is 6.14. The zero-order valence-electron chi connectivity index (χ0n) is 10.3. The van der Waals surface area contributed by atoms with Crippen molar-refractivity contribution in [3.8, 4) is 0 Å². The lowest BCUT2D eigenvalue weighted by atomic mass is 10.3. The number of imidazole rings is 1. The van der Waals surface area contributed by atoms with Gasteiger partial charge < -0.3 is 9.30 Å². The van der Waals surface area contributed by atoms with Crippen molar-refractivity contribution in [3.05, 3.63) is 29.0 Å². The highest BCUT2D eigenvalue weighted by Crippen LogP contribution is 2.25. The summed E-state index contributed by atoms with van der Waals surface area (Å²) in [5.74, 6) is 1.27. The van der Waals surface area contributed by atoms with E-state index in [2.05, 4.69) is 9.55 Å². The van der Waals surface area contributed by atoms with Crippen LogP contribution in [0.5, 0.6) is 0 Å². The summed E-state index contributed by atoms with van der Waals surface area (Å²) < 4.78 is 7.20. The molecule has 2 aromatic rings. The van der Waals surface area contributed by atoms with E-state index in [4.69, 9.17) is 27.9 Å². The molecule has 1 aromatic carbocycles. The Morgan fingerprint density at radius 2 is 2.17 bits per heavy atom. The number of para-hydroxylation sites is 1. The maximum Gasteiger partial charge on any atom is 0.124 e. The molecule has 0 spiro atoms. The summed E-state index contributed by atoms with van der Waals surface area (Å²) in [6.45, 7) is 1.67. The molecular weight excluding hydrogens is 271 g/mol. The third-order valence-corrected chi connectivity index (χ3v) is 3.45. The fourth-order valence-corrected chi connectivity index (χ4v) is 2.44. The Kier molecular flexibility index (Phi) is 4.87. The van der Waals surface area contributed by atoms with Gasteiger partial charge in [-0.2, -0.15) is 0 Å². The predicted octanol–water partition coefficient (Wildman–Crippen LogP) is 3.86. The quantitative estimate of drug-likeness (QED) is 0.596. The Morgan fingerprint density at radius 3 is 2.89 bits per heavy atom. The van der Waals surface area contributed by atoms with Crippen molar-refractivity contribution in [2.75, 3.05) is 13.7 Å². The van der Waals surface area contributed by atoms with Crippen LogP contribution in [0.3, 0.4) is 0 Å². The van der Waals surface area contributed by atoms with Crippen molar-refractivity contribution >= 4 is 34.2 Å². The van der Waals surface area contributed by atoms with Crippen molar-refractivity contribution in [1.29, 1.82) is 0 Å². The van der Waals surface area contributed by atoms with Crippen molar-refractivity contribution in [2.24, 2.45) is 0 Å². The van der Waals surface area contributed by atoms with Crippen LogP contribution in [-0.4, -0.2) is 23.3 Å². The number of ether oxygens (including phenoxy) is 1. The molecule has 0 radical (unpaired) electrons. The number of nitrogens with zero attached hydrogens (tertiary/aromatic N) is 2. The summed E-state index contributed by atoms with van der Waals surface area (Å²) in [7, 11) is 1.72. The molecule has 0 unspecified atom stereocenters. The highest BCUT2D eigenvalue weighted by atomic mass is 35.5. The first-order chi connectivity index (χ1) is 8.77. The summed E-state index contributed by atoms with van der Waals surface area (Å²) in [4.78, 5) is 4.50. The Labute approximate surface area is 117 Å². The second kappa shape index (κ2) is 6.41. The fourth-order valence-electron chi connectivity index (χ4n) is 2.03. The first kappa shape index (κ1) is 13.7. The maximum absolute atomic E-state index is 6.14. The average molecular weight is 287 g/mol. The lowest BCUT2D eigenvalue weighted by Crippen LogP contribution is -2.03. The SMILES string of the molecule is COCCCCn1c(CCl)nc2c(Cl)cccc21. The number of benzene rings is 1. The van der Waals surface area contributed by atoms with Gasteiger partial charge in [0.05, 0.1) is 16.4 Å². The van der Waals surface area contributed by atoms with Crippen LogP contribution < -0.4 is 0 Å². The third-order valence-electron chi connectivity index (χ3n) is 2.91. The van der Waals surface area contributed by atoms with E-state index < -0.39 is 0 Å². The van der Waals surface area contributed by atoms with Gasteiger partial charge in [0.2, 0.25) is 0 Å². The van der Waals surface area contributed by atoms with Crippen LogP contribution >= 0.6 is 23.2 Å². The number of halogens is 2. The number of hydrogen-bond acceptors (Lipinski definition) is 2. The Bertz CT molecular complexity index is 525. The minimum absolute atomic E-state index is 0.398. The normalized spacial score (nSPS) is 11.3. The molecule has 0 amide bonds. The molecule has 0 bridgehead atoms. The zero-order valence-corrected chi connectivity index (χ0v) is 11.8. The van der Waals surface area contributed by atoms with Crippen LogP contribution in [0.1, 0.15) is 18.7 Å². The van der Waals surface area contributed by atoms with E-state index >= 15 is 0 Å². The minimum Gasteiger partial charge on any atom is -0.385 e. The van der Waals surface area contributed by atoms with Gasteiger partial charge in [0.15, 0.2) is 0 Å². The standard InChI is InChI=1S/C13H16Cl2N2O/c1-18-8-3-2-7-17-11-6-4-5-10(15)13(11)16-12(17)9-14/h4-6H,2-3,7-9H2,1H3. The molecule has 18 heavy (non-hydrogen) atoms. The van der Waals surface area contributed by atoms with Gasteiger partial charge in [-0.3, -0.25) is 0 Å². The molecule has 0 atom stereocenters. The first-order valence-corrected chi connectivity index (χ1v) is 6.87. The van der Waals surface area contributed by atoms with Crippen LogP contribution in [0.4, 0.5) is 0 Å². The lowest BCUT2D eigenvalue weighted by molar-refractivity contribution is 0.191. The summed E-state index contributed by atoms with van der Waals surface area (Å²) in [6, 6.07) is 5.82. The van der Waals surface area contributed by atoms with Crippen molar-refractivity contribution < 1.29 is 4.74 Å². The van der Waals surface area contributed by atoms with E-state index in [1.807, 2.05) is 18.2 Å². The summed E-state index contributed by atoms with van der Waals surface area (Å²) in [5, 5.41) is 0.675. The molecule has 0 saturated carbocycles. The highest BCUT2D eigenvalue weighted by molar-refractivity contribution is 6.34. The second-order valence-corrected chi connectivity index (χ2v) is 4.80. The second-order valence-electron chi connectivity index (χ2n) is 4.12. The van der Waals surface area contributed by atoms with Crippen LogP contribution in [0.15, 0.2) is 18.2 Å². The van der Waals surface area contributed by atoms with Gasteiger partial charge in [-0.1, -0.05) is 17.7 Å². The van der Waals surface area contributed by atoms with Crippen molar-refractivity contribution in [3.63, 3.8) is 0 Å². The van der Waals surface area contributed by atoms with Gasteiger partial charge in [-0.15, -0.1) is 11.6 Å². The van der Waals surface area contributed by atoms with E-state index in [0.29, 0.717) is 10.9 Å². The molecule has 3 nitrogen and oxygen atoms in total. The average Bonchev–Trinajstić information content (AvgIpc) is 2.74. The molecule has 1 aromatic heterocycles. The largest absolute Gasteiger partial charge is 0.385 e. The third kappa shape index (κ3) is 2.79. The summed E-state index contributed by atoms with van der Waals surface area (Å²) in [5.41, 5.74) is 1.89. The van der Waals surface area contributed by atoms with Gasteiger partial charge in [0.25, 0.3) is 0 Å². The van der Waals surface area contributed by atoms with Crippen LogP contribution in [-0.2, 0) is 17.2 Å². The highest BCUT2D eigenvalue weighted by Gasteiger charge is 2.11. The van der Waals surface area contributed by atoms with Gasteiger partial charge in [-0.25, -0.2) is 4.98 Å². The lowest BCUT2D eigenvalue weighted by Gasteiger charge is -2.07. The zero-order chi connectivity index (χ0) is 13.0. The molecule has 0 saturated heterocycles. The van der Waals surface area contributed by atoms with Gasteiger partial charge in [0.1, 0.15) is 11.3 Å².